The highest BCUT2D eigenvalue weighted by molar-refractivity contribution is 6.47. The largest absolute Gasteiger partial charge is 0.384 e. The number of amides is 2. The summed E-state index contributed by atoms with van der Waals surface area (Å²) in [5, 5.41) is 7.32. The lowest BCUT2D eigenvalue weighted by Gasteiger charge is -2.47. The number of nitrogens with two attached hydrogens (primary N) is 2. The molecule has 0 aromatic heterocycles. The number of nitrogens with zero attached hydrogens (tertiary/aromatic N) is 3. The van der Waals surface area contributed by atoms with Gasteiger partial charge in [0.25, 0.3) is 11.8 Å². The zero-order valence-corrected chi connectivity index (χ0v) is 28.7. The lowest BCUT2D eigenvalue weighted by molar-refractivity contribution is -0.134. The van der Waals surface area contributed by atoms with Crippen molar-refractivity contribution in [3.05, 3.63) is 69.2 Å². The molecule has 2 aromatic rings. The average molecular weight is 657 g/mol. The zero-order valence-electron chi connectivity index (χ0n) is 27.2. The first kappa shape index (κ1) is 34.7. The predicted molar refractivity (Wildman–Crippen MR) is 183 cm³/mol. The summed E-state index contributed by atoms with van der Waals surface area (Å²) in [5.74, 6) is 5.43. The van der Waals surface area contributed by atoms with E-state index in [0.717, 1.165) is 44.1 Å². The van der Waals surface area contributed by atoms with E-state index in [1.165, 1.54) is 0 Å². The highest BCUT2D eigenvalue weighted by atomic mass is 35.5. The maximum atomic E-state index is 14.6. The van der Waals surface area contributed by atoms with Crippen LogP contribution >= 0.6 is 23.2 Å². The first-order valence-corrected chi connectivity index (χ1v) is 16.3. The number of amidine groups is 1. The highest BCUT2D eigenvalue weighted by Crippen LogP contribution is 2.50. The van der Waals surface area contributed by atoms with Crippen molar-refractivity contribution in [1.82, 2.24) is 15.8 Å². The van der Waals surface area contributed by atoms with E-state index in [-0.39, 0.29) is 41.1 Å². The number of aliphatic imine (C=N–C) groups is 1. The third-order valence-corrected chi connectivity index (χ3v) is 9.45. The molecule has 1 aliphatic carbocycles. The van der Waals surface area contributed by atoms with E-state index in [1.54, 1.807) is 30.3 Å². The Hall–Kier alpha value is -3.14. The summed E-state index contributed by atoms with van der Waals surface area (Å²) in [6.07, 6.45) is 5.10. The quantitative estimate of drug-likeness (QED) is 0.104. The number of hydrogen-bond acceptors (Lipinski definition) is 6. The van der Waals surface area contributed by atoms with Gasteiger partial charge in [-0.25, -0.2) is 11.4 Å². The minimum atomic E-state index is -0.685. The molecule has 1 saturated carbocycles. The third-order valence-electron chi connectivity index (χ3n) is 9.01. The SMILES string of the molecule is CC(C)(C)CCC(c1ccc(C(=O)NCC(N)=NNN)cc1)N1C(=O)C(c2cc(Cl)cc(Cl)c2)=NC12CCC(C(C)(C)C)CC2. The van der Waals surface area contributed by atoms with Crippen LogP contribution in [0.4, 0.5) is 0 Å². The second-order valence-corrected chi connectivity index (χ2v) is 15.4. The van der Waals surface area contributed by atoms with Crippen molar-refractivity contribution in [2.45, 2.75) is 91.8 Å². The summed E-state index contributed by atoms with van der Waals surface area (Å²) in [6, 6.07) is 12.4. The van der Waals surface area contributed by atoms with E-state index in [4.69, 9.17) is 39.8 Å². The lowest BCUT2D eigenvalue weighted by Crippen LogP contribution is -2.51. The van der Waals surface area contributed by atoms with Gasteiger partial charge in [0, 0.05) is 21.2 Å². The summed E-state index contributed by atoms with van der Waals surface area (Å²) >= 11 is 12.8. The molecule has 45 heavy (non-hydrogen) atoms. The zero-order chi connectivity index (χ0) is 33.2. The normalized spacial score (nSPS) is 21.6. The van der Waals surface area contributed by atoms with Gasteiger partial charge in [-0.2, -0.15) is 5.10 Å². The molecule has 0 saturated heterocycles. The van der Waals surface area contributed by atoms with Crippen molar-refractivity contribution in [1.29, 1.82) is 0 Å². The number of nitrogens with one attached hydrogen (secondary N) is 2. The number of carbonyl (C=O) groups is 2. The molecule has 1 fully saturated rings. The van der Waals surface area contributed by atoms with E-state index in [9.17, 15) is 9.59 Å². The van der Waals surface area contributed by atoms with Crippen molar-refractivity contribution in [3.63, 3.8) is 0 Å². The molecule has 6 N–H and O–H groups in total. The first-order chi connectivity index (χ1) is 21.0. The average Bonchev–Trinajstić information content (AvgIpc) is 3.22. The number of carbonyl (C=O) groups excluding carboxylic acids is 2. The Kier molecular flexibility index (Phi) is 10.6. The van der Waals surface area contributed by atoms with Gasteiger partial charge in [-0.15, -0.1) is 0 Å². The van der Waals surface area contributed by atoms with Crippen LogP contribution in [0.1, 0.15) is 108 Å². The van der Waals surface area contributed by atoms with Gasteiger partial charge >= 0.3 is 0 Å². The van der Waals surface area contributed by atoms with Gasteiger partial charge in [0.1, 0.15) is 17.2 Å². The summed E-state index contributed by atoms with van der Waals surface area (Å²) < 4.78 is 0. The van der Waals surface area contributed by atoms with Crippen molar-refractivity contribution < 1.29 is 9.59 Å². The fourth-order valence-electron chi connectivity index (χ4n) is 6.49. The van der Waals surface area contributed by atoms with Gasteiger partial charge in [-0.1, -0.05) is 76.9 Å². The molecule has 1 unspecified atom stereocenters. The second kappa shape index (κ2) is 13.7. The Morgan fingerprint density at radius 3 is 2.20 bits per heavy atom. The number of hydrogen-bond donors (Lipinski definition) is 4. The Balaban J connectivity index is 1.74. The van der Waals surface area contributed by atoms with Crippen LogP contribution in [0, 0.1) is 16.7 Å². The minimum absolute atomic E-state index is 0.0436. The van der Waals surface area contributed by atoms with Gasteiger partial charge in [0.2, 0.25) is 0 Å². The van der Waals surface area contributed by atoms with Crippen LogP contribution in [-0.4, -0.2) is 40.5 Å². The fraction of sp³-hybridized carbons (Fsp3) is 0.529. The van der Waals surface area contributed by atoms with Gasteiger partial charge in [-0.05, 0) is 91.2 Å². The fourth-order valence-corrected chi connectivity index (χ4v) is 7.01. The number of hydrazone groups is 1. The summed E-state index contributed by atoms with van der Waals surface area (Å²) in [4.78, 5) is 34.7. The smallest absolute Gasteiger partial charge is 0.275 e. The van der Waals surface area contributed by atoms with Crippen molar-refractivity contribution in [2.24, 2.45) is 38.4 Å². The Morgan fingerprint density at radius 1 is 1.07 bits per heavy atom. The van der Waals surface area contributed by atoms with E-state index in [2.05, 4.69) is 57.5 Å². The molecule has 1 spiro atoms. The summed E-state index contributed by atoms with van der Waals surface area (Å²) in [7, 11) is 0. The molecule has 1 atom stereocenters. The first-order valence-electron chi connectivity index (χ1n) is 15.6. The molecule has 2 aliphatic rings. The lowest BCUT2D eigenvalue weighted by atomic mass is 9.69. The molecule has 0 radical (unpaired) electrons. The number of benzene rings is 2. The number of halogens is 2. The van der Waals surface area contributed by atoms with Crippen LogP contribution in [0.15, 0.2) is 52.6 Å². The van der Waals surface area contributed by atoms with Crippen LogP contribution in [0.3, 0.4) is 0 Å². The highest BCUT2D eigenvalue weighted by Gasteiger charge is 2.52. The molecular formula is C34H47Cl2N7O2. The molecule has 11 heteroatoms. The van der Waals surface area contributed by atoms with Crippen LogP contribution < -0.4 is 22.4 Å². The van der Waals surface area contributed by atoms with Crippen LogP contribution in [-0.2, 0) is 4.79 Å². The second-order valence-electron chi connectivity index (χ2n) is 14.6. The standard InChI is InChI=1S/C34H47Cl2N7O2/c1-32(2,3)14-13-27(21-7-9-22(10-8-21)30(44)39-20-28(37)41-42-38)43-31(45)29(23-17-25(35)19-26(36)18-23)40-34(43)15-11-24(12-16-34)33(4,5)6/h7-10,17-19,24,27,42H,11-16,20,38H2,1-6H3,(H2,37,41)(H,39,44). The van der Waals surface area contributed by atoms with Crippen LogP contribution in [0.5, 0.6) is 0 Å². The molecule has 2 aromatic carbocycles. The molecule has 1 aliphatic heterocycles. The van der Waals surface area contributed by atoms with Crippen molar-refractivity contribution in [3.8, 4) is 0 Å². The molecule has 0 bridgehead atoms. The Morgan fingerprint density at radius 2 is 1.67 bits per heavy atom. The van der Waals surface area contributed by atoms with Gasteiger partial charge in [0.15, 0.2) is 0 Å². The van der Waals surface area contributed by atoms with Gasteiger partial charge in [0.05, 0.1) is 12.6 Å². The molecule has 1 heterocycles. The summed E-state index contributed by atoms with van der Waals surface area (Å²) in [6.45, 7) is 13.5. The number of rotatable bonds is 9. The Bertz CT molecular complexity index is 1430. The van der Waals surface area contributed by atoms with Gasteiger partial charge < -0.3 is 16.0 Å². The van der Waals surface area contributed by atoms with E-state index < -0.39 is 5.66 Å². The molecule has 9 nitrogen and oxygen atoms in total. The topological polar surface area (TPSA) is 138 Å². The van der Waals surface area contributed by atoms with Crippen molar-refractivity contribution >= 4 is 46.6 Å². The molecular weight excluding hydrogens is 609 g/mol. The van der Waals surface area contributed by atoms with Crippen LogP contribution in [0.2, 0.25) is 10.0 Å². The molecule has 2 amide bonds. The minimum Gasteiger partial charge on any atom is -0.384 e. The molecule has 4 rings (SSSR count). The maximum absolute atomic E-state index is 14.6. The van der Waals surface area contributed by atoms with E-state index in [1.807, 2.05) is 17.0 Å². The summed E-state index contributed by atoms with van der Waals surface area (Å²) in [5.41, 5.74) is 9.82. The van der Waals surface area contributed by atoms with Crippen LogP contribution in [0.25, 0.3) is 0 Å². The third kappa shape index (κ3) is 8.37. The molecule has 244 valence electrons. The van der Waals surface area contributed by atoms with Crippen molar-refractivity contribution in [2.75, 3.05) is 6.54 Å². The van der Waals surface area contributed by atoms with Gasteiger partial charge in [-0.3, -0.25) is 14.6 Å². The van der Waals surface area contributed by atoms with E-state index in [0.29, 0.717) is 32.8 Å². The Labute approximate surface area is 277 Å². The van der Waals surface area contributed by atoms with E-state index >= 15 is 0 Å². The number of hydrazine groups is 1. The monoisotopic (exact) mass is 655 g/mol. The predicted octanol–water partition coefficient (Wildman–Crippen LogP) is 6.59. The maximum Gasteiger partial charge on any atom is 0.275 e.